The fourth-order valence-corrected chi connectivity index (χ4v) is 2.29. The molecular weight excluding hydrogens is 188 g/mol. The Morgan fingerprint density at radius 1 is 1.60 bits per heavy atom. The van der Waals surface area contributed by atoms with E-state index in [0.717, 1.165) is 19.3 Å². The van der Waals surface area contributed by atoms with E-state index in [2.05, 4.69) is 26.0 Å². The fraction of sp³-hybridized carbons (Fsp3) is 0.615. The molecule has 15 heavy (non-hydrogen) atoms. The molecule has 0 saturated carbocycles. The molecular formula is C13H20O2. The molecule has 1 unspecified atom stereocenters. The van der Waals surface area contributed by atoms with Crippen LogP contribution in [0.1, 0.15) is 40.0 Å². The first-order valence-corrected chi connectivity index (χ1v) is 5.51. The van der Waals surface area contributed by atoms with Crippen LogP contribution in [0.15, 0.2) is 23.3 Å². The first kappa shape index (κ1) is 12.0. The number of hydrogen-bond donors (Lipinski definition) is 0. The summed E-state index contributed by atoms with van der Waals surface area (Å²) in [5.41, 5.74) is 2.01. The van der Waals surface area contributed by atoms with Gasteiger partial charge in [-0.15, -0.1) is 0 Å². The molecule has 1 rings (SSSR count). The minimum absolute atomic E-state index is 0.116. The van der Waals surface area contributed by atoms with E-state index >= 15 is 0 Å². The van der Waals surface area contributed by atoms with Crippen LogP contribution in [0.3, 0.4) is 0 Å². The molecule has 1 atom stereocenters. The minimum atomic E-state index is -0.441. The lowest BCUT2D eigenvalue weighted by molar-refractivity contribution is -0.149. The number of hydrogen-bond acceptors (Lipinski definition) is 2. The number of esters is 1. The van der Waals surface area contributed by atoms with E-state index in [4.69, 9.17) is 4.74 Å². The normalized spacial score (nSPS) is 25.6. The van der Waals surface area contributed by atoms with Gasteiger partial charge in [-0.3, -0.25) is 4.79 Å². The molecule has 0 radical (unpaired) electrons. The summed E-state index contributed by atoms with van der Waals surface area (Å²) in [4.78, 5) is 11.8. The lowest BCUT2D eigenvalue weighted by atomic mass is 9.72. The number of carbonyl (C=O) groups is 1. The smallest absolute Gasteiger partial charge is 0.315 e. The number of rotatable bonds is 3. The first-order valence-electron chi connectivity index (χ1n) is 5.51. The van der Waals surface area contributed by atoms with Crippen molar-refractivity contribution in [2.45, 2.75) is 40.0 Å². The molecule has 0 amide bonds. The van der Waals surface area contributed by atoms with Crippen molar-refractivity contribution in [2.24, 2.45) is 5.41 Å². The molecule has 0 heterocycles. The molecule has 0 aromatic rings. The van der Waals surface area contributed by atoms with E-state index in [1.165, 1.54) is 18.3 Å². The van der Waals surface area contributed by atoms with Crippen LogP contribution >= 0.6 is 0 Å². The highest BCUT2D eigenvalue weighted by molar-refractivity contribution is 5.81. The molecule has 0 fully saturated rings. The number of allylic oxidation sites excluding steroid dienone is 3. The second-order valence-corrected chi connectivity index (χ2v) is 4.34. The summed E-state index contributed by atoms with van der Waals surface area (Å²) in [6.45, 7) is 6.19. The largest absolute Gasteiger partial charge is 0.468 e. The third-order valence-corrected chi connectivity index (χ3v) is 3.17. The lowest BCUT2D eigenvalue weighted by Gasteiger charge is -2.32. The predicted molar refractivity (Wildman–Crippen MR) is 61.5 cm³/mol. The van der Waals surface area contributed by atoms with Crippen molar-refractivity contribution in [2.75, 3.05) is 7.11 Å². The molecule has 0 aromatic carbocycles. The van der Waals surface area contributed by atoms with Crippen molar-refractivity contribution in [3.63, 3.8) is 0 Å². The van der Waals surface area contributed by atoms with Gasteiger partial charge in [0.1, 0.15) is 0 Å². The van der Waals surface area contributed by atoms with Gasteiger partial charge in [-0.2, -0.15) is 0 Å². The Hall–Kier alpha value is -1.05. The molecule has 1 aliphatic rings. The molecule has 1 aliphatic carbocycles. The van der Waals surface area contributed by atoms with Crippen LogP contribution in [-0.4, -0.2) is 13.1 Å². The second kappa shape index (κ2) is 4.65. The van der Waals surface area contributed by atoms with E-state index in [9.17, 15) is 4.79 Å². The topological polar surface area (TPSA) is 26.3 Å². The van der Waals surface area contributed by atoms with Crippen LogP contribution < -0.4 is 0 Å². The minimum Gasteiger partial charge on any atom is -0.468 e. The zero-order valence-electron chi connectivity index (χ0n) is 10.1. The van der Waals surface area contributed by atoms with Crippen molar-refractivity contribution in [3.8, 4) is 0 Å². The third kappa shape index (κ3) is 2.14. The van der Waals surface area contributed by atoms with Gasteiger partial charge in [-0.1, -0.05) is 36.6 Å². The maximum absolute atomic E-state index is 11.8. The van der Waals surface area contributed by atoms with Crippen LogP contribution in [0.25, 0.3) is 0 Å². The lowest BCUT2D eigenvalue weighted by Crippen LogP contribution is -2.32. The number of methoxy groups -OCH3 is 1. The van der Waals surface area contributed by atoms with E-state index in [-0.39, 0.29) is 5.97 Å². The van der Waals surface area contributed by atoms with Crippen molar-refractivity contribution < 1.29 is 9.53 Å². The summed E-state index contributed by atoms with van der Waals surface area (Å²) in [6.07, 6.45) is 6.96. The summed E-state index contributed by atoms with van der Waals surface area (Å²) in [6, 6.07) is 0. The van der Waals surface area contributed by atoms with E-state index in [0.29, 0.717) is 0 Å². The van der Waals surface area contributed by atoms with E-state index in [1.807, 2.05) is 6.92 Å². The Bertz CT molecular complexity index is 312. The summed E-state index contributed by atoms with van der Waals surface area (Å²) in [5, 5.41) is 0. The molecule has 0 saturated heterocycles. The summed E-state index contributed by atoms with van der Waals surface area (Å²) >= 11 is 0. The first-order chi connectivity index (χ1) is 7.06. The zero-order chi connectivity index (χ0) is 11.5. The highest BCUT2D eigenvalue weighted by Crippen LogP contribution is 2.40. The Balaban J connectivity index is 3.08. The van der Waals surface area contributed by atoms with Crippen LogP contribution in [0.2, 0.25) is 0 Å². The Morgan fingerprint density at radius 3 is 2.80 bits per heavy atom. The van der Waals surface area contributed by atoms with Gasteiger partial charge in [0.15, 0.2) is 0 Å². The van der Waals surface area contributed by atoms with Crippen LogP contribution in [0.4, 0.5) is 0 Å². The van der Waals surface area contributed by atoms with E-state index < -0.39 is 5.41 Å². The zero-order valence-corrected chi connectivity index (χ0v) is 10.1. The monoisotopic (exact) mass is 208 g/mol. The number of ether oxygens (including phenoxy) is 1. The maximum atomic E-state index is 11.8. The van der Waals surface area contributed by atoms with Crippen molar-refractivity contribution in [1.29, 1.82) is 0 Å². The Morgan fingerprint density at radius 2 is 2.27 bits per heavy atom. The second-order valence-electron chi connectivity index (χ2n) is 4.34. The quantitative estimate of drug-likeness (QED) is 0.665. The fourth-order valence-electron chi connectivity index (χ4n) is 2.29. The van der Waals surface area contributed by atoms with Gasteiger partial charge in [0.05, 0.1) is 12.5 Å². The molecule has 2 heteroatoms. The molecule has 0 aromatic heterocycles. The van der Waals surface area contributed by atoms with Crippen molar-refractivity contribution in [3.05, 3.63) is 23.3 Å². The van der Waals surface area contributed by atoms with Crippen molar-refractivity contribution >= 4 is 5.97 Å². The van der Waals surface area contributed by atoms with Gasteiger partial charge in [0.2, 0.25) is 0 Å². The summed E-state index contributed by atoms with van der Waals surface area (Å²) in [5.74, 6) is -0.116. The predicted octanol–water partition coefficient (Wildman–Crippen LogP) is 3.24. The standard InChI is InChI=1S/C13H20O2/c1-5-7-11-10(2)8-6-9-13(11,3)12(14)15-4/h6,8H,5,7,9H2,1-4H3. The molecule has 0 spiro atoms. The molecule has 0 bridgehead atoms. The Kier molecular flexibility index (Phi) is 3.72. The Labute approximate surface area is 92.0 Å². The van der Waals surface area contributed by atoms with Gasteiger partial charge >= 0.3 is 5.97 Å². The molecule has 0 N–H and O–H groups in total. The van der Waals surface area contributed by atoms with Crippen LogP contribution in [0, 0.1) is 5.41 Å². The van der Waals surface area contributed by atoms with Crippen molar-refractivity contribution in [1.82, 2.24) is 0 Å². The molecule has 84 valence electrons. The SMILES string of the molecule is CCCC1=C(C)C=CCC1(C)C(=O)OC. The van der Waals surface area contributed by atoms with Gasteiger partial charge in [0.25, 0.3) is 0 Å². The maximum Gasteiger partial charge on any atom is 0.315 e. The number of carbonyl (C=O) groups excluding carboxylic acids is 1. The summed E-state index contributed by atoms with van der Waals surface area (Å²) in [7, 11) is 1.46. The average Bonchev–Trinajstić information content (AvgIpc) is 2.22. The van der Waals surface area contributed by atoms with Gasteiger partial charge in [0, 0.05) is 0 Å². The molecule has 2 nitrogen and oxygen atoms in total. The summed E-state index contributed by atoms with van der Waals surface area (Å²) < 4.78 is 4.91. The highest BCUT2D eigenvalue weighted by atomic mass is 16.5. The highest BCUT2D eigenvalue weighted by Gasteiger charge is 2.38. The third-order valence-electron chi connectivity index (χ3n) is 3.17. The van der Waals surface area contributed by atoms with Gasteiger partial charge in [-0.25, -0.2) is 0 Å². The van der Waals surface area contributed by atoms with Gasteiger partial charge < -0.3 is 4.74 Å². The molecule has 0 aliphatic heterocycles. The van der Waals surface area contributed by atoms with Crippen LogP contribution in [-0.2, 0) is 9.53 Å². The van der Waals surface area contributed by atoms with E-state index in [1.54, 1.807) is 0 Å². The van der Waals surface area contributed by atoms with Crippen LogP contribution in [0.5, 0.6) is 0 Å². The average molecular weight is 208 g/mol. The van der Waals surface area contributed by atoms with Gasteiger partial charge in [-0.05, 0) is 26.7 Å².